The molecule has 1 aliphatic heterocycles. The molecule has 1 atom stereocenters. The lowest BCUT2D eigenvalue weighted by Crippen LogP contribution is -2.16. The molecule has 5 nitrogen and oxygen atoms in total. The maximum atomic E-state index is 5.66. The fourth-order valence-electron chi connectivity index (χ4n) is 2.35. The maximum absolute atomic E-state index is 5.66. The molecule has 0 amide bonds. The number of fused-ring (bicyclic) bond motifs is 1. The van der Waals surface area contributed by atoms with Gasteiger partial charge in [0.25, 0.3) is 0 Å². The van der Waals surface area contributed by atoms with Crippen LogP contribution >= 0.6 is 0 Å². The van der Waals surface area contributed by atoms with E-state index in [0.29, 0.717) is 18.5 Å². The van der Waals surface area contributed by atoms with Gasteiger partial charge in [0, 0.05) is 12.1 Å². The summed E-state index contributed by atoms with van der Waals surface area (Å²) < 4.78 is 10.9. The lowest BCUT2D eigenvalue weighted by molar-refractivity contribution is 0.272. The van der Waals surface area contributed by atoms with Gasteiger partial charge in [-0.25, -0.2) is 0 Å². The van der Waals surface area contributed by atoms with Crippen LogP contribution in [-0.4, -0.2) is 23.3 Å². The highest BCUT2D eigenvalue weighted by Crippen LogP contribution is 2.36. The van der Waals surface area contributed by atoms with Gasteiger partial charge >= 0.3 is 6.01 Å². The minimum Gasteiger partial charge on any atom is -0.493 e. The van der Waals surface area contributed by atoms with Gasteiger partial charge in [-0.2, -0.15) is 4.98 Å². The van der Waals surface area contributed by atoms with Crippen molar-refractivity contribution in [3.63, 3.8) is 0 Å². The van der Waals surface area contributed by atoms with Crippen LogP contribution in [-0.2, 0) is 0 Å². The molecule has 20 heavy (non-hydrogen) atoms. The van der Waals surface area contributed by atoms with Crippen LogP contribution in [0.2, 0.25) is 0 Å². The summed E-state index contributed by atoms with van der Waals surface area (Å²) in [5, 5.41) is 7.27. The SMILES string of the molecule is CC(C)CNc1nc(C2CCOc3ccccc32)no1. The zero-order valence-electron chi connectivity index (χ0n) is 11.8. The van der Waals surface area contributed by atoms with Gasteiger partial charge in [0.2, 0.25) is 0 Å². The average Bonchev–Trinajstić information content (AvgIpc) is 2.93. The van der Waals surface area contributed by atoms with Crippen molar-refractivity contribution in [1.29, 1.82) is 0 Å². The standard InChI is InChI=1S/C15H19N3O2/c1-10(2)9-16-15-17-14(18-20-15)12-7-8-19-13-6-4-3-5-11(12)13/h3-6,10,12H,7-9H2,1-2H3,(H,16,17,18). The second-order valence-corrected chi connectivity index (χ2v) is 5.46. The van der Waals surface area contributed by atoms with Gasteiger partial charge in [-0.3, -0.25) is 0 Å². The van der Waals surface area contributed by atoms with Gasteiger partial charge in [0.05, 0.1) is 12.5 Å². The summed E-state index contributed by atoms with van der Waals surface area (Å²) in [4.78, 5) is 4.46. The van der Waals surface area contributed by atoms with Crippen molar-refractivity contribution < 1.29 is 9.26 Å². The van der Waals surface area contributed by atoms with Crippen molar-refractivity contribution in [3.8, 4) is 5.75 Å². The number of hydrogen-bond donors (Lipinski definition) is 1. The van der Waals surface area contributed by atoms with Gasteiger partial charge in [-0.05, 0) is 18.4 Å². The summed E-state index contributed by atoms with van der Waals surface area (Å²) in [6.07, 6.45) is 0.875. The van der Waals surface area contributed by atoms with Crippen molar-refractivity contribution in [1.82, 2.24) is 10.1 Å². The van der Waals surface area contributed by atoms with Crippen molar-refractivity contribution in [3.05, 3.63) is 35.7 Å². The van der Waals surface area contributed by atoms with E-state index in [-0.39, 0.29) is 5.92 Å². The Morgan fingerprint density at radius 3 is 3.05 bits per heavy atom. The highest BCUT2D eigenvalue weighted by Gasteiger charge is 2.26. The quantitative estimate of drug-likeness (QED) is 0.927. The van der Waals surface area contributed by atoms with Crippen LogP contribution < -0.4 is 10.1 Å². The molecule has 5 heteroatoms. The van der Waals surface area contributed by atoms with Crippen LogP contribution in [0.5, 0.6) is 5.75 Å². The van der Waals surface area contributed by atoms with E-state index in [1.165, 1.54) is 0 Å². The Hall–Kier alpha value is -2.04. The van der Waals surface area contributed by atoms with E-state index in [0.717, 1.165) is 30.1 Å². The Morgan fingerprint density at radius 1 is 1.35 bits per heavy atom. The molecular formula is C15H19N3O2. The molecule has 0 saturated heterocycles. The molecule has 0 aliphatic carbocycles. The molecule has 2 heterocycles. The van der Waals surface area contributed by atoms with Crippen LogP contribution in [0, 0.1) is 5.92 Å². The summed E-state index contributed by atoms with van der Waals surface area (Å²) in [6, 6.07) is 8.54. The number of hydrogen-bond acceptors (Lipinski definition) is 5. The molecule has 106 valence electrons. The number of benzene rings is 1. The van der Waals surface area contributed by atoms with Crippen LogP contribution in [0.3, 0.4) is 0 Å². The Kier molecular flexibility index (Phi) is 3.58. The van der Waals surface area contributed by atoms with Gasteiger partial charge in [0.1, 0.15) is 5.75 Å². The lowest BCUT2D eigenvalue weighted by atomic mass is 9.92. The third-order valence-corrected chi connectivity index (χ3v) is 3.37. The predicted octanol–water partition coefficient (Wildman–Crippen LogP) is 3.05. The Labute approximate surface area is 118 Å². The van der Waals surface area contributed by atoms with Gasteiger partial charge in [0.15, 0.2) is 5.82 Å². The molecule has 1 unspecified atom stereocenters. The van der Waals surface area contributed by atoms with E-state index >= 15 is 0 Å². The van der Waals surface area contributed by atoms with E-state index in [1.54, 1.807) is 0 Å². The number of nitrogens with zero attached hydrogens (tertiary/aromatic N) is 2. The number of para-hydroxylation sites is 1. The van der Waals surface area contributed by atoms with Crippen LogP contribution in [0.4, 0.5) is 6.01 Å². The summed E-state index contributed by atoms with van der Waals surface area (Å²) >= 11 is 0. The Bertz CT molecular complexity index is 580. The lowest BCUT2D eigenvalue weighted by Gasteiger charge is -2.23. The monoisotopic (exact) mass is 273 g/mol. The van der Waals surface area contributed by atoms with Crippen LogP contribution in [0.15, 0.2) is 28.8 Å². The number of aromatic nitrogens is 2. The number of rotatable bonds is 4. The second-order valence-electron chi connectivity index (χ2n) is 5.46. The fourth-order valence-corrected chi connectivity index (χ4v) is 2.35. The third kappa shape index (κ3) is 2.61. The minimum absolute atomic E-state index is 0.151. The first-order valence-corrected chi connectivity index (χ1v) is 7.03. The second kappa shape index (κ2) is 5.53. The summed E-state index contributed by atoms with van der Waals surface area (Å²) in [5.74, 6) is 2.34. The molecular weight excluding hydrogens is 254 g/mol. The van der Waals surface area contributed by atoms with Crippen molar-refractivity contribution in [2.45, 2.75) is 26.2 Å². The highest BCUT2D eigenvalue weighted by molar-refractivity contribution is 5.41. The molecule has 1 aromatic carbocycles. The molecule has 1 aliphatic rings. The van der Waals surface area contributed by atoms with E-state index < -0.39 is 0 Å². The van der Waals surface area contributed by atoms with Crippen molar-refractivity contribution in [2.75, 3.05) is 18.5 Å². The molecule has 0 saturated carbocycles. The van der Waals surface area contributed by atoms with Crippen molar-refractivity contribution >= 4 is 6.01 Å². The zero-order valence-corrected chi connectivity index (χ0v) is 11.8. The maximum Gasteiger partial charge on any atom is 0.321 e. The first-order valence-electron chi connectivity index (χ1n) is 7.03. The predicted molar refractivity (Wildman–Crippen MR) is 76.0 cm³/mol. The summed E-state index contributed by atoms with van der Waals surface area (Å²) in [5.41, 5.74) is 1.13. The van der Waals surface area contributed by atoms with E-state index in [4.69, 9.17) is 9.26 Å². The number of ether oxygens (including phenoxy) is 1. The average molecular weight is 273 g/mol. The number of nitrogens with one attached hydrogen (secondary N) is 1. The molecule has 1 aromatic heterocycles. The van der Waals surface area contributed by atoms with E-state index in [1.807, 2.05) is 18.2 Å². The molecule has 3 rings (SSSR count). The molecule has 1 N–H and O–H groups in total. The van der Waals surface area contributed by atoms with E-state index in [9.17, 15) is 0 Å². The minimum atomic E-state index is 0.151. The van der Waals surface area contributed by atoms with E-state index in [2.05, 4.69) is 35.4 Å². The largest absolute Gasteiger partial charge is 0.493 e. The topological polar surface area (TPSA) is 60.2 Å². The molecule has 0 fully saturated rings. The smallest absolute Gasteiger partial charge is 0.321 e. The summed E-state index contributed by atoms with van der Waals surface area (Å²) in [7, 11) is 0. The molecule has 0 bridgehead atoms. The third-order valence-electron chi connectivity index (χ3n) is 3.37. The van der Waals surface area contributed by atoms with Crippen LogP contribution in [0.1, 0.15) is 37.6 Å². The van der Waals surface area contributed by atoms with Gasteiger partial charge in [-0.1, -0.05) is 37.2 Å². The molecule has 0 spiro atoms. The summed E-state index contributed by atoms with van der Waals surface area (Å²) in [6.45, 7) is 5.79. The fraction of sp³-hybridized carbons (Fsp3) is 0.467. The first-order chi connectivity index (χ1) is 9.74. The van der Waals surface area contributed by atoms with Gasteiger partial charge < -0.3 is 14.6 Å². The Morgan fingerprint density at radius 2 is 2.20 bits per heavy atom. The van der Waals surface area contributed by atoms with Crippen molar-refractivity contribution in [2.24, 2.45) is 5.92 Å². The Balaban J connectivity index is 1.80. The normalized spacial score (nSPS) is 17.6. The molecule has 2 aromatic rings. The van der Waals surface area contributed by atoms with Crippen LogP contribution in [0.25, 0.3) is 0 Å². The molecule has 0 radical (unpaired) electrons. The zero-order chi connectivity index (χ0) is 13.9. The first kappa shape index (κ1) is 13.0. The van der Waals surface area contributed by atoms with Gasteiger partial charge in [-0.15, -0.1) is 0 Å². The number of anilines is 1. The highest BCUT2D eigenvalue weighted by atomic mass is 16.5.